The molecule has 1 amide bonds. The molecule has 2 aliphatic heterocycles. The Morgan fingerprint density at radius 1 is 1.43 bits per heavy atom. The first kappa shape index (κ1) is 16.7. The molecule has 3 N–H and O–H groups in total. The van der Waals surface area contributed by atoms with Gasteiger partial charge in [-0.05, 0) is 54.0 Å². The van der Waals surface area contributed by atoms with Gasteiger partial charge in [0.05, 0.1) is 6.10 Å². The molecule has 2 bridgehead atoms. The van der Waals surface area contributed by atoms with E-state index in [1.165, 1.54) is 12.8 Å². The number of aliphatic hydroxyl groups is 1. The third kappa shape index (κ3) is 4.42. The van der Waals surface area contributed by atoms with E-state index in [1.807, 2.05) is 16.8 Å². The first-order chi connectivity index (χ1) is 9.70. The van der Waals surface area contributed by atoms with Gasteiger partial charge in [0.2, 0.25) is 5.91 Å². The van der Waals surface area contributed by atoms with E-state index in [0.29, 0.717) is 31.0 Å². The van der Waals surface area contributed by atoms with Crippen molar-refractivity contribution in [3.8, 4) is 0 Å². The fourth-order valence-electron chi connectivity index (χ4n) is 3.47. The van der Waals surface area contributed by atoms with Crippen molar-refractivity contribution in [2.24, 2.45) is 5.92 Å². The Morgan fingerprint density at radius 3 is 2.76 bits per heavy atom. The number of hydrogen-bond acceptors (Lipinski definition) is 4. The van der Waals surface area contributed by atoms with E-state index in [4.69, 9.17) is 0 Å². The van der Waals surface area contributed by atoms with Crippen molar-refractivity contribution in [1.29, 1.82) is 0 Å². The third-order valence-corrected chi connectivity index (χ3v) is 5.17. The van der Waals surface area contributed by atoms with Crippen molar-refractivity contribution in [3.05, 3.63) is 22.4 Å². The van der Waals surface area contributed by atoms with Crippen LogP contribution in [0.2, 0.25) is 0 Å². The monoisotopic (exact) mass is 330 g/mol. The normalized spacial score (nSPS) is 28.7. The van der Waals surface area contributed by atoms with Crippen LogP contribution in [0, 0.1) is 5.92 Å². The van der Waals surface area contributed by atoms with E-state index in [-0.39, 0.29) is 18.3 Å². The van der Waals surface area contributed by atoms with Gasteiger partial charge in [-0.3, -0.25) is 4.79 Å². The van der Waals surface area contributed by atoms with E-state index in [9.17, 15) is 9.90 Å². The zero-order chi connectivity index (χ0) is 13.9. The Morgan fingerprint density at radius 2 is 2.14 bits per heavy atom. The predicted molar refractivity (Wildman–Crippen MR) is 86.8 cm³/mol. The van der Waals surface area contributed by atoms with E-state index < -0.39 is 6.10 Å². The topological polar surface area (TPSA) is 61.4 Å². The smallest absolute Gasteiger partial charge is 0.220 e. The van der Waals surface area contributed by atoms with Gasteiger partial charge in [0.15, 0.2) is 0 Å². The maximum absolute atomic E-state index is 12.0. The summed E-state index contributed by atoms with van der Waals surface area (Å²) in [6.45, 7) is 0.313. The highest BCUT2D eigenvalue weighted by atomic mass is 35.5. The number of halogens is 1. The minimum absolute atomic E-state index is 0. The SMILES string of the molecule is Cl.O=C(CC1CC2CCC(C1)N2)NCC(O)c1ccsc1. The molecule has 0 aromatic carbocycles. The zero-order valence-corrected chi connectivity index (χ0v) is 13.6. The Kier molecular flexibility index (Phi) is 6.05. The van der Waals surface area contributed by atoms with Gasteiger partial charge in [-0.25, -0.2) is 0 Å². The number of thiophene rings is 1. The number of amides is 1. The molecule has 3 atom stereocenters. The fraction of sp³-hybridized carbons (Fsp3) is 0.667. The summed E-state index contributed by atoms with van der Waals surface area (Å²) in [5.41, 5.74) is 0.884. The Labute approximate surface area is 135 Å². The lowest BCUT2D eigenvalue weighted by Gasteiger charge is -2.28. The van der Waals surface area contributed by atoms with Gasteiger partial charge in [-0.2, -0.15) is 11.3 Å². The van der Waals surface area contributed by atoms with Gasteiger partial charge in [-0.1, -0.05) is 0 Å². The van der Waals surface area contributed by atoms with Crippen LogP contribution in [-0.2, 0) is 4.79 Å². The summed E-state index contributed by atoms with van der Waals surface area (Å²) in [7, 11) is 0. The Bertz CT molecular complexity index is 443. The lowest BCUT2D eigenvalue weighted by molar-refractivity contribution is -0.122. The number of carbonyl (C=O) groups is 1. The second-order valence-electron chi connectivity index (χ2n) is 6.06. The molecule has 0 aliphatic carbocycles. The standard InChI is InChI=1S/C15H22N2O2S.ClH/c18-14(11-3-4-20-9-11)8-16-15(19)7-10-5-12-1-2-13(6-10)17-12;/h3-4,9-10,12-14,17-18H,1-2,5-8H2,(H,16,19);1H. The molecule has 3 rings (SSSR count). The molecule has 0 spiro atoms. The summed E-state index contributed by atoms with van der Waals surface area (Å²) < 4.78 is 0. The molecule has 0 radical (unpaired) electrons. The summed E-state index contributed by atoms with van der Waals surface area (Å²) >= 11 is 1.56. The molecule has 4 nitrogen and oxygen atoms in total. The number of hydrogen-bond donors (Lipinski definition) is 3. The van der Waals surface area contributed by atoms with Crippen molar-refractivity contribution in [1.82, 2.24) is 10.6 Å². The number of aliphatic hydroxyl groups excluding tert-OH is 1. The highest BCUT2D eigenvalue weighted by Crippen LogP contribution is 2.32. The van der Waals surface area contributed by atoms with Crippen LogP contribution >= 0.6 is 23.7 Å². The molecular formula is C15H23ClN2O2S. The van der Waals surface area contributed by atoms with Crippen molar-refractivity contribution in [3.63, 3.8) is 0 Å². The molecule has 3 unspecified atom stereocenters. The largest absolute Gasteiger partial charge is 0.387 e. The zero-order valence-electron chi connectivity index (χ0n) is 12.0. The number of fused-ring (bicyclic) bond motifs is 2. The van der Waals surface area contributed by atoms with Crippen LogP contribution in [0.15, 0.2) is 16.8 Å². The van der Waals surface area contributed by atoms with Crippen LogP contribution in [0.25, 0.3) is 0 Å². The van der Waals surface area contributed by atoms with Gasteiger partial charge in [0.1, 0.15) is 0 Å². The molecule has 2 aliphatic rings. The molecule has 2 saturated heterocycles. The highest BCUT2D eigenvalue weighted by Gasteiger charge is 2.34. The van der Waals surface area contributed by atoms with E-state index >= 15 is 0 Å². The summed E-state index contributed by atoms with van der Waals surface area (Å²) in [5.74, 6) is 0.581. The number of rotatable bonds is 5. The van der Waals surface area contributed by atoms with Crippen molar-refractivity contribution in [2.75, 3.05) is 6.54 Å². The van der Waals surface area contributed by atoms with Crippen LogP contribution < -0.4 is 10.6 Å². The minimum atomic E-state index is -0.589. The quantitative estimate of drug-likeness (QED) is 0.776. The lowest BCUT2D eigenvalue weighted by atomic mass is 9.89. The summed E-state index contributed by atoms with van der Waals surface area (Å²) in [5, 5.41) is 20.2. The second-order valence-corrected chi connectivity index (χ2v) is 6.84. The van der Waals surface area contributed by atoms with E-state index in [2.05, 4.69) is 10.6 Å². The van der Waals surface area contributed by atoms with E-state index in [0.717, 1.165) is 18.4 Å². The average molecular weight is 331 g/mol. The van der Waals surface area contributed by atoms with Gasteiger partial charge in [0, 0.05) is 25.0 Å². The summed E-state index contributed by atoms with van der Waals surface area (Å²) in [6, 6.07) is 3.15. The van der Waals surface area contributed by atoms with Crippen LogP contribution in [0.5, 0.6) is 0 Å². The maximum Gasteiger partial charge on any atom is 0.220 e. The molecule has 0 saturated carbocycles. The number of piperidine rings is 1. The molecule has 1 aromatic rings. The average Bonchev–Trinajstić information content (AvgIpc) is 3.06. The molecule has 21 heavy (non-hydrogen) atoms. The maximum atomic E-state index is 12.0. The predicted octanol–water partition coefficient (Wildman–Crippen LogP) is 2.24. The Balaban J connectivity index is 0.00000161. The van der Waals surface area contributed by atoms with Crippen LogP contribution in [-0.4, -0.2) is 29.6 Å². The Hall–Kier alpha value is -0.620. The van der Waals surface area contributed by atoms with Gasteiger partial charge in [0.25, 0.3) is 0 Å². The van der Waals surface area contributed by atoms with Crippen molar-refractivity contribution in [2.45, 2.75) is 50.3 Å². The number of carbonyl (C=O) groups excluding carboxylic acids is 1. The first-order valence-electron chi connectivity index (χ1n) is 7.43. The van der Waals surface area contributed by atoms with Gasteiger partial charge < -0.3 is 15.7 Å². The lowest BCUT2D eigenvalue weighted by Crippen LogP contribution is -2.40. The summed E-state index contributed by atoms with van der Waals surface area (Å²) in [6.07, 6.45) is 4.78. The van der Waals surface area contributed by atoms with Crippen molar-refractivity contribution < 1.29 is 9.90 Å². The van der Waals surface area contributed by atoms with Crippen LogP contribution in [0.4, 0.5) is 0 Å². The molecule has 1 aromatic heterocycles. The van der Waals surface area contributed by atoms with Crippen LogP contribution in [0.3, 0.4) is 0 Å². The molecular weight excluding hydrogens is 308 g/mol. The van der Waals surface area contributed by atoms with Crippen LogP contribution in [0.1, 0.15) is 43.8 Å². The number of nitrogens with one attached hydrogen (secondary N) is 2. The molecule has 2 fully saturated rings. The van der Waals surface area contributed by atoms with E-state index in [1.54, 1.807) is 11.3 Å². The molecule has 6 heteroatoms. The van der Waals surface area contributed by atoms with Gasteiger partial charge in [-0.15, -0.1) is 12.4 Å². The summed E-state index contributed by atoms with van der Waals surface area (Å²) in [4.78, 5) is 12.0. The minimum Gasteiger partial charge on any atom is -0.387 e. The van der Waals surface area contributed by atoms with Crippen molar-refractivity contribution >= 4 is 29.7 Å². The fourth-order valence-corrected chi connectivity index (χ4v) is 4.18. The molecule has 3 heterocycles. The highest BCUT2D eigenvalue weighted by molar-refractivity contribution is 7.07. The van der Waals surface area contributed by atoms with Gasteiger partial charge >= 0.3 is 0 Å². The second kappa shape index (κ2) is 7.58. The third-order valence-electron chi connectivity index (χ3n) is 4.47. The molecule has 118 valence electrons. The first-order valence-corrected chi connectivity index (χ1v) is 8.38.